The summed E-state index contributed by atoms with van der Waals surface area (Å²) in [5.74, 6) is -23.0. The molecule has 2 rings (SSSR count). The van der Waals surface area contributed by atoms with Crippen molar-refractivity contribution in [3.63, 3.8) is 0 Å². The highest BCUT2D eigenvalue weighted by atomic mass is 16.4. The van der Waals surface area contributed by atoms with Crippen molar-refractivity contribution in [1.82, 2.24) is 79.8 Å². The Morgan fingerprint density at radius 1 is 0.368 bits per heavy atom. The van der Waals surface area contributed by atoms with Crippen molar-refractivity contribution in [2.45, 2.75) is 230 Å². The summed E-state index contributed by atoms with van der Waals surface area (Å²) in [7, 11) is 0. The predicted molar refractivity (Wildman–Crippen MR) is 414 cm³/mol. The number of aliphatic hydroxyl groups excluding tert-OH is 3. The molecular formula is C74H114N18O25. The third-order valence-electron chi connectivity index (χ3n) is 17.4. The summed E-state index contributed by atoms with van der Waals surface area (Å²) in [4.78, 5) is 252. The standard InChI is InChI=1S/C74H114N18O25/c1-35(2)25-46(83-61(103)39(8)81-63(105)44(76)29-56(99)100)66(108)84-47(26-36(3)4)67(109)85-49(30-53(77)96)68(110)82-45(23-17-18-24-75)65(107)89-52(34-93)64(106)78-32-54(97)80-38(7)62(104)91-59(40(9)94)71(113)79-33-55(98)90-58(37(5)6)72(114)86-48(27-42-19-13-11-14-20-42)70(112)92-60(41(10)95)73(115)87-50(31-57(101)102)69(111)88-51(74(116)117)28-43-21-15-12-16-22-43/h11-16,19-22,35-41,44-52,58-60,93-95H,17-18,23-34,75-76H2,1-10H3,(H2,77,96)(H,78,106)(H,79,113)(H,80,97)(H,81,105)(H,82,110)(H,83,103)(H,84,108)(H,85,109)(H,86,114)(H,87,115)(H,88,111)(H,89,107)(H,90,98)(H,91,104)(H,92,112)(H,99,100)(H,101,102)(H,116,117)/t38-,39-,40+,41+,44-,45-,46-,47-,48-,49-,50-,51-,52-,58-,59-,60-/m0/s1. The van der Waals surface area contributed by atoms with Gasteiger partial charge in [0.25, 0.3) is 0 Å². The Bertz CT molecular complexity index is 3760. The highest BCUT2D eigenvalue weighted by Gasteiger charge is 2.39. The maximum absolute atomic E-state index is 14.2. The Kier molecular flexibility index (Phi) is 44.3. The second-order valence-electron chi connectivity index (χ2n) is 29.1. The van der Waals surface area contributed by atoms with E-state index in [1.165, 1.54) is 20.8 Å². The maximum atomic E-state index is 14.2. The number of aliphatic hydroxyl groups is 3. The first-order valence-corrected chi connectivity index (χ1v) is 37.7. The van der Waals surface area contributed by atoms with Crippen molar-refractivity contribution in [1.29, 1.82) is 0 Å². The number of benzene rings is 2. The van der Waals surface area contributed by atoms with Gasteiger partial charge in [-0.2, -0.15) is 0 Å². The van der Waals surface area contributed by atoms with Gasteiger partial charge in [-0.25, -0.2) is 4.79 Å². The fourth-order valence-electron chi connectivity index (χ4n) is 11.1. The Morgan fingerprint density at radius 3 is 1.21 bits per heavy atom. The van der Waals surface area contributed by atoms with Gasteiger partial charge in [0, 0.05) is 12.8 Å². The van der Waals surface area contributed by atoms with Crippen LogP contribution in [0.2, 0.25) is 0 Å². The number of nitrogens with one attached hydrogen (secondary N) is 15. The molecule has 27 N–H and O–H groups in total. The molecule has 0 aliphatic rings. The second kappa shape index (κ2) is 51.2. The van der Waals surface area contributed by atoms with Crippen LogP contribution in [0.25, 0.3) is 0 Å². The van der Waals surface area contributed by atoms with Crippen LogP contribution < -0.4 is 97.0 Å². The molecule has 0 aliphatic heterocycles. The first kappa shape index (κ1) is 101. The van der Waals surface area contributed by atoms with Crippen molar-refractivity contribution >= 4 is 112 Å². The van der Waals surface area contributed by atoms with Crippen LogP contribution in [-0.4, -0.2) is 266 Å². The number of nitrogens with two attached hydrogens (primary N) is 3. The van der Waals surface area contributed by atoms with Gasteiger partial charge in [0.2, 0.25) is 94.5 Å². The highest BCUT2D eigenvalue weighted by molar-refractivity contribution is 6.01. The molecule has 43 heteroatoms. The van der Waals surface area contributed by atoms with Gasteiger partial charge in [0.05, 0.1) is 57.2 Å². The van der Waals surface area contributed by atoms with Gasteiger partial charge in [-0.05, 0) is 95.2 Å². The van der Waals surface area contributed by atoms with E-state index in [0.717, 1.165) is 20.8 Å². The van der Waals surface area contributed by atoms with E-state index in [9.17, 15) is 117 Å². The zero-order chi connectivity index (χ0) is 88.7. The zero-order valence-corrected chi connectivity index (χ0v) is 66.8. The molecule has 16 atom stereocenters. The number of carbonyl (C=O) groups excluding carboxylic acids is 16. The van der Waals surface area contributed by atoms with Crippen molar-refractivity contribution in [3.05, 3.63) is 71.8 Å². The number of primary amides is 1. The monoisotopic (exact) mass is 1650 g/mol. The Labute approximate surface area is 674 Å². The van der Waals surface area contributed by atoms with E-state index in [0.29, 0.717) is 17.5 Å². The Morgan fingerprint density at radius 2 is 0.744 bits per heavy atom. The first-order valence-electron chi connectivity index (χ1n) is 37.7. The molecule has 0 aromatic heterocycles. The quantitative estimate of drug-likeness (QED) is 0.0274. The number of carbonyl (C=O) groups is 19. The van der Waals surface area contributed by atoms with Crippen LogP contribution in [0.1, 0.15) is 132 Å². The molecule has 0 radical (unpaired) electrons. The topological polar surface area (TPSA) is 704 Å². The second-order valence-corrected chi connectivity index (χ2v) is 29.1. The van der Waals surface area contributed by atoms with Gasteiger partial charge in [-0.15, -0.1) is 0 Å². The minimum atomic E-state index is -1.94. The van der Waals surface area contributed by atoms with Crippen molar-refractivity contribution in [2.75, 3.05) is 26.2 Å². The van der Waals surface area contributed by atoms with E-state index in [2.05, 4.69) is 79.8 Å². The molecule has 0 saturated heterocycles. The minimum Gasteiger partial charge on any atom is -0.481 e. The van der Waals surface area contributed by atoms with Gasteiger partial charge in [-0.1, -0.05) is 102 Å². The lowest BCUT2D eigenvalue weighted by Crippen LogP contribution is -2.62. The van der Waals surface area contributed by atoms with E-state index >= 15 is 0 Å². The number of carboxylic acids is 3. The molecule has 2 aromatic carbocycles. The fraction of sp³-hybridized carbons (Fsp3) is 0.581. The summed E-state index contributed by atoms with van der Waals surface area (Å²) in [6.07, 6.45) is -6.43. The van der Waals surface area contributed by atoms with Crippen molar-refractivity contribution < 1.29 is 122 Å². The fourth-order valence-corrected chi connectivity index (χ4v) is 11.1. The van der Waals surface area contributed by atoms with Crippen molar-refractivity contribution in [3.8, 4) is 0 Å². The summed E-state index contributed by atoms with van der Waals surface area (Å²) >= 11 is 0. The number of aliphatic carboxylic acids is 3. The van der Waals surface area contributed by atoms with Crippen LogP contribution in [0.3, 0.4) is 0 Å². The number of unbranched alkanes of at least 4 members (excludes halogenated alkanes) is 1. The summed E-state index contributed by atoms with van der Waals surface area (Å²) in [5, 5.41) is 95.0. The molecule has 43 nitrogen and oxygen atoms in total. The van der Waals surface area contributed by atoms with E-state index in [1.54, 1.807) is 88.4 Å². The van der Waals surface area contributed by atoms with Gasteiger partial charge in [0.1, 0.15) is 78.5 Å². The third-order valence-corrected chi connectivity index (χ3v) is 17.4. The van der Waals surface area contributed by atoms with E-state index in [1.807, 2.05) is 0 Å². The number of hydrogen-bond acceptors (Lipinski definition) is 24. The van der Waals surface area contributed by atoms with Gasteiger partial charge in [0.15, 0.2) is 0 Å². The largest absolute Gasteiger partial charge is 0.481 e. The number of rotatable bonds is 53. The van der Waals surface area contributed by atoms with Gasteiger partial charge < -0.3 is 128 Å². The van der Waals surface area contributed by atoms with Crippen molar-refractivity contribution in [2.24, 2.45) is 35.0 Å². The van der Waals surface area contributed by atoms with Crippen LogP contribution in [0.15, 0.2) is 60.7 Å². The normalized spacial score (nSPS) is 15.2. The molecule has 0 heterocycles. The molecule has 0 spiro atoms. The zero-order valence-electron chi connectivity index (χ0n) is 66.8. The minimum absolute atomic E-state index is 0.00299. The first-order chi connectivity index (χ1) is 54.8. The Balaban J connectivity index is 2.19. The molecular weight excluding hydrogens is 1540 g/mol. The van der Waals surface area contributed by atoms with Crippen LogP contribution in [0.4, 0.5) is 0 Å². The molecule has 0 unspecified atom stereocenters. The summed E-state index contributed by atoms with van der Waals surface area (Å²) < 4.78 is 0. The van der Waals surface area contributed by atoms with Crippen LogP contribution in [0, 0.1) is 17.8 Å². The lowest BCUT2D eigenvalue weighted by molar-refractivity contribution is -0.144. The van der Waals surface area contributed by atoms with Crippen LogP contribution >= 0.6 is 0 Å². The molecule has 117 heavy (non-hydrogen) atoms. The number of hydrogen-bond donors (Lipinski definition) is 24. The molecule has 16 amide bonds. The van der Waals surface area contributed by atoms with Gasteiger partial charge >= 0.3 is 17.9 Å². The summed E-state index contributed by atoms with van der Waals surface area (Å²) in [6.45, 7) is 11.6. The maximum Gasteiger partial charge on any atom is 0.326 e. The van der Waals surface area contributed by atoms with E-state index in [4.69, 9.17) is 22.3 Å². The highest BCUT2D eigenvalue weighted by Crippen LogP contribution is 2.14. The molecule has 0 bridgehead atoms. The van der Waals surface area contributed by atoms with Gasteiger partial charge in [-0.3, -0.25) is 86.3 Å². The molecule has 0 fully saturated rings. The number of amides is 16. The SMILES string of the molecule is CC(C)C[C@H](NC(=O)[C@H](C)NC(=O)[C@@H](N)CC(=O)O)C(=O)N[C@@H](CC(C)C)C(=O)N[C@@H](CC(N)=O)C(=O)N[C@@H](CCCCN)C(=O)N[C@@H](CO)C(=O)NCC(=O)N[C@@H](C)C(=O)N[C@H](C(=O)NCC(=O)N[C@H](C(=O)N[C@@H](Cc1ccccc1)C(=O)N[C@H](C(=O)N[C@@H](CC(=O)O)C(=O)N[C@@H](Cc1ccccc1)C(=O)O)[C@@H](C)O)C(C)C)[C@@H](C)O. The predicted octanol–water partition coefficient (Wildman–Crippen LogP) is -8.09. The summed E-state index contributed by atoms with van der Waals surface area (Å²) in [5.41, 5.74) is 17.7. The lowest BCUT2D eigenvalue weighted by atomic mass is 9.99. The summed E-state index contributed by atoms with van der Waals surface area (Å²) in [6, 6.07) is -6.58. The third kappa shape index (κ3) is 38.0. The smallest absolute Gasteiger partial charge is 0.326 e. The average Bonchev–Trinajstić information content (AvgIpc) is 0.851. The molecule has 2 aromatic rings. The van der Waals surface area contributed by atoms with Crippen LogP contribution in [-0.2, 0) is 104 Å². The molecule has 0 saturated carbocycles. The lowest BCUT2D eigenvalue weighted by Gasteiger charge is -2.28. The van der Waals surface area contributed by atoms with E-state index in [-0.39, 0.29) is 56.9 Å². The Hall–Kier alpha value is -11.8. The van der Waals surface area contributed by atoms with E-state index < -0.39 is 254 Å². The molecule has 650 valence electrons. The average molecular weight is 1660 g/mol. The number of carboxylic acid groups (broad SMARTS) is 3. The van der Waals surface area contributed by atoms with Crippen LogP contribution in [0.5, 0.6) is 0 Å². The molecule has 0 aliphatic carbocycles.